The number of carbonyl (C=O) groups excluding carboxylic acids is 2. The second-order valence-corrected chi connectivity index (χ2v) is 13.1. The van der Waals surface area contributed by atoms with Gasteiger partial charge in [0.1, 0.15) is 12.6 Å². The quantitative estimate of drug-likeness (QED) is 0.244. The van der Waals surface area contributed by atoms with Gasteiger partial charge in [0.25, 0.3) is 11.8 Å². The number of nitrogens with one attached hydrogen (secondary N) is 2. The molecule has 0 radical (unpaired) electrons. The fraction of sp³-hybridized carbons (Fsp3) is 0.548. The number of aliphatic hydroxyl groups is 1. The number of hydrogen-bond acceptors (Lipinski definition) is 5. The number of aliphatic hydroxyl groups excluding tert-OH is 1. The molecule has 0 spiro atoms. The summed E-state index contributed by atoms with van der Waals surface area (Å²) in [5, 5.41) is 19.0. The van der Waals surface area contributed by atoms with Crippen LogP contribution in [0.2, 0.25) is 0 Å². The maximum Gasteiger partial charge on any atom is 0.278 e. The SMILES string of the molecule is CCCCCS(=O)(=O)c1cccc(C(=O)N[C@@H](Cc2ccccc2)[C@H](O)C[NH2+][C@@H](C)C(=O)NC2CCCCC2)c1. The van der Waals surface area contributed by atoms with Gasteiger partial charge < -0.3 is 21.1 Å². The third-order valence-electron chi connectivity index (χ3n) is 7.65. The molecule has 0 saturated heterocycles. The van der Waals surface area contributed by atoms with Gasteiger partial charge in [-0.15, -0.1) is 0 Å². The molecule has 0 aromatic heterocycles. The fourth-order valence-corrected chi connectivity index (χ4v) is 6.50. The van der Waals surface area contributed by atoms with Crippen LogP contribution in [0.3, 0.4) is 0 Å². The van der Waals surface area contributed by atoms with Gasteiger partial charge in [0.15, 0.2) is 15.9 Å². The van der Waals surface area contributed by atoms with E-state index in [-0.39, 0.29) is 40.7 Å². The van der Waals surface area contributed by atoms with Gasteiger partial charge in [-0.2, -0.15) is 0 Å². The molecule has 1 fully saturated rings. The first-order valence-corrected chi connectivity index (χ1v) is 16.3. The summed E-state index contributed by atoms with van der Waals surface area (Å²) < 4.78 is 25.5. The maximum atomic E-state index is 13.3. The summed E-state index contributed by atoms with van der Waals surface area (Å²) in [6, 6.07) is 14.9. The third kappa shape index (κ3) is 10.0. The molecule has 2 aromatic rings. The minimum Gasteiger partial charge on any atom is -0.385 e. The van der Waals surface area contributed by atoms with Gasteiger partial charge in [-0.1, -0.05) is 75.4 Å². The second-order valence-electron chi connectivity index (χ2n) is 11.0. The van der Waals surface area contributed by atoms with Gasteiger partial charge in [-0.05, 0) is 56.4 Å². The van der Waals surface area contributed by atoms with Crippen LogP contribution in [0.1, 0.15) is 81.1 Å². The Morgan fingerprint density at radius 2 is 1.75 bits per heavy atom. The molecule has 220 valence electrons. The average molecular weight is 573 g/mol. The molecule has 0 unspecified atom stereocenters. The van der Waals surface area contributed by atoms with E-state index in [0.29, 0.717) is 12.8 Å². The molecule has 2 amide bonds. The van der Waals surface area contributed by atoms with Gasteiger partial charge in [-0.25, -0.2) is 8.42 Å². The summed E-state index contributed by atoms with van der Waals surface area (Å²) >= 11 is 0. The van der Waals surface area contributed by atoms with Crippen molar-refractivity contribution >= 4 is 21.7 Å². The van der Waals surface area contributed by atoms with Crippen molar-refractivity contribution in [1.82, 2.24) is 10.6 Å². The number of amides is 2. The highest BCUT2D eigenvalue weighted by Crippen LogP contribution is 2.18. The van der Waals surface area contributed by atoms with Crippen molar-refractivity contribution in [2.75, 3.05) is 12.3 Å². The van der Waals surface area contributed by atoms with Crippen LogP contribution in [-0.2, 0) is 21.1 Å². The summed E-state index contributed by atoms with van der Waals surface area (Å²) in [4.78, 5) is 26.1. The monoisotopic (exact) mass is 572 g/mol. The van der Waals surface area contributed by atoms with Crippen LogP contribution in [-0.4, -0.2) is 61.9 Å². The van der Waals surface area contributed by atoms with Gasteiger partial charge in [0, 0.05) is 11.6 Å². The molecule has 0 heterocycles. The van der Waals surface area contributed by atoms with E-state index < -0.39 is 27.9 Å². The topological polar surface area (TPSA) is 129 Å². The first-order valence-electron chi connectivity index (χ1n) is 14.7. The van der Waals surface area contributed by atoms with E-state index in [9.17, 15) is 23.1 Å². The van der Waals surface area contributed by atoms with E-state index in [2.05, 4.69) is 10.6 Å². The lowest BCUT2D eigenvalue weighted by molar-refractivity contribution is -0.679. The summed E-state index contributed by atoms with van der Waals surface area (Å²) in [6.45, 7) is 4.06. The van der Waals surface area contributed by atoms with Crippen LogP contribution in [0.25, 0.3) is 0 Å². The lowest BCUT2D eigenvalue weighted by Crippen LogP contribution is -2.94. The summed E-state index contributed by atoms with van der Waals surface area (Å²) in [5.74, 6) is -0.447. The van der Waals surface area contributed by atoms with Crippen molar-refractivity contribution in [1.29, 1.82) is 0 Å². The highest BCUT2D eigenvalue weighted by atomic mass is 32.2. The molecular weight excluding hydrogens is 526 g/mol. The van der Waals surface area contributed by atoms with Crippen LogP contribution < -0.4 is 16.0 Å². The highest BCUT2D eigenvalue weighted by Gasteiger charge is 2.27. The standard InChI is InChI=1S/C31H45N3O5S/c1-3-4-11-19-40(38,39)27-18-12-15-25(21-27)31(37)34-28(20-24-13-7-5-8-14-24)29(35)22-32-23(2)30(36)33-26-16-9-6-10-17-26/h5,7-8,12-15,18,21,23,26,28-29,32,35H,3-4,6,9-11,16-17,19-20,22H2,1-2H3,(H,33,36)(H,34,37)/p+1/t23-,28-,29+/m0/s1. The lowest BCUT2D eigenvalue weighted by Gasteiger charge is -2.26. The van der Waals surface area contributed by atoms with Crippen molar-refractivity contribution in [3.8, 4) is 0 Å². The smallest absolute Gasteiger partial charge is 0.278 e. The number of benzene rings is 2. The molecule has 0 bridgehead atoms. The third-order valence-corrected chi connectivity index (χ3v) is 9.45. The second kappa shape index (κ2) is 15.9. The number of rotatable bonds is 15. The maximum absolute atomic E-state index is 13.3. The fourth-order valence-electron chi connectivity index (χ4n) is 5.09. The van der Waals surface area contributed by atoms with E-state index >= 15 is 0 Å². The number of nitrogens with two attached hydrogens (primary N) is 1. The molecule has 9 heteroatoms. The first-order chi connectivity index (χ1) is 19.2. The van der Waals surface area contributed by atoms with E-state index in [1.54, 1.807) is 17.4 Å². The molecule has 5 N–H and O–H groups in total. The molecule has 0 aliphatic heterocycles. The van der Waals surface area contributed by atoms with Crippen molar-refractivity contribution in [3.63, 3.8) is 0 Å². The zero-order valence-corrected chi connectivity index (χ0v) is 24.7. The lowest BCUT2D eigenvalue weighted by atomic mass is 9.95. The van der Waals surface area contributed by atoms with Gasteiger partial charge in [0.2, 0.25) is 0 Å². The zero-order valence-electron chi connectivity index (χ0n) is 23.8. The molecule has 2 aromatic carbocycles. The molecule has 1 aliphatic rings. The highest BCUT2D eigenvalue weighted by molar-refractivity contribution is 7.91. The summed E-state index contributed by atoms with van der Waals surface area (Å²) in [5.41, 5.74) is 1.17. The van der Waals surface area contributed by atoms with E-state index in [4.69, 9.17) is 0 Å². The first kappa shape index (κ1) is 31.8. The Hall–Kier alpha value is -2.75. The number of carbonyl (C=O) groups is 2. The van der Waals surface area contributed by atoms with E-state index in [0.717, 1.165) is 44.1 Å². The number of quaternary nitrogens is 1. The molecule has 3 rings (SSSR count). The Kier molecular flexibility index (Phi) is 12.6. The molecule has 40 heavy (non-hydrogen) atoms. The number of sulfone groups is 1. The average Bonchev–Trinajstić information content (AvgIpc) is 2.96. The summed E-state index contributed by atoms with van der Waals surface area (Å²) in [6.07, 6.45) is 7.28. The molecular formula is C31H46N3O5S+. The van der Waals surface area contributed by atoms with Crippen LogP contribution in [0, 0.1) is 0 Å². The van der Waals surface area contributed by atoms with E-state index in [1.807, 2.05) is 44.2 Å². The van der Waals surface area contributed by atoms with Gasteiger partial charge in [0.05, 0.1) is 16.7 Å². The largest absolute Gasteiger partial charge is 0.385 e. The van der Waals surface area contributed by atoms with E-state index in [1.165, 1.54) is 18.6 Å². The summed E-state index contributed by atoms with van der Waals surface area (Å²) in [7, 11) is -3.49. The van der Waals surface area contributed by atoms with Crippen molar-refractivity contribution in [2.24, 2.45) is 0 Å². The van der Waals surface area contributed by atoms with Crippen LogP contribution >= 0.6 is 0 Å². The van der Waals surface area contributed by atoms with Crippen molar-refractivity contribution < 1.29 is 28.4 Å². The van der Waals surface area contributed by atoms with Crippen LogP contribution in [0.15, 0.2) is 59.5 Å². The number of unbranched alkanes of at least 4 members (excludes halogenated alkanes) is 2. The van der Waals surface area contributed by atoms with Gasteiger partial charge in [-0.3, -0.25) is 9.59 Å². The normalized spacial score (nSPS) is 16.6. The zero-order chi connectivity index (χ0) is 29.0. The van der Waals surface area contributed by atoms with Crippen molar-refractivity contribution in [3.05, 3.63) is 65.7 Å². The van der Waals surface area contributed by atoms with Crippen molar-refractivity contribution in [2.45, 2.75) is 101 Å². The molecule has 1 aliphatic carbocycles. The Balaban J connectivity index is 1.66. The number of hydrogen-bond donors (Lipinski definition) is 4. The predicted molar refractivity (Wildman–Crippen MR) is 157 cm³/mol. The minimum atomic E-state index is -3.49. The van der Waals surface area contributed by atoms with Gasteiger partial charge >= 0.3 is 0 Å². The Morgan fingerprint density at radius 1 is 1.02 bits per heavy atom. The Bertz CT molecular complexity index is 1180. The predicted octanol–water partition coefficient (Wildman–Crippen LogP) is 2.75. The molecule has 1 saturated carbocycles. The van der Waals surface area contributed by atoms with Crippen LogP contribution in [0.5, 0.6) is 0 Å². The molecule has 8 nitrogen and oxygen atoms in total. The van der Waals surface area contributed by atoms with Crippen LogP contribution in [0.4, 0.5) is 0 Å². The Morgan fingerprint density at radius 3 is 2.45 bits per heavy atom. The molecule has 3 atom stereocenters. The minimum absolute atomic E-state index is 0.0419. The Labute approximate surface area is 239 Å².